The Morgan fingerprint density at radius 2 is 2.10 bits per heavy atom. The average Bonchev–Trinajstić information content (AvgIpc) is 2.79. The number of rotatable bonds is 3. The Morgan fingerprint density at radius 3 is 2.65 bits per heavy atom. The van der Waals surface area contributed by atoms with Gasteiger partial charge in [-0.3, -0.25) is 14.4 Å². The summed E-state index contributed by atoms with van der Waals surface area (Å²) in [5, 5.41) is 16.9. The summed E-state index contributed by atoms with van der Waals surface area (Å²) in [5.74, 6) is 0.00869. The molecule has 3 atom stereocenters. The normalized spacial score (nSPS) is 29.6. The topological polar surface area (TPSA) is 70.4 Å². The van der Waals surface area contributed by atoms with Gasteiger partial charge in [0, 0.05) is 25.3 Å². The molecule has 2 fully saturated rings. The maximum Gasteiger partial charge on any atom is 0.238 e. The molecule has 0 aromatic carbocycles. The lowest BCUT2D eigenvalue weighted by molar-refractivity contribution is -0.119. The number of aryl methyl sites for hydroxylation is 2. The largest absolute Gasteiger partial charge is 0.393 e. The van der Waals surface area contributed by atoms with Crippen LogP contribution in [0.25, 0.3) is 0 Å². The molecule has 2 bridgehead atoms. The van der Waals surface area contributed by atoms with Crippen molar-refractivity contribution in [2.24, 2.45) is 7.05 Å². The lowest BCUT2D eigenvalue weighted by Crippen LogP contribution is -2.47. The quantitative estimate of drug-likeness (QED) is 0.852. The first-order valence-corrected chi connectivity index (χ1v) is 7.27. The minimum Gasteiger partial charge on any atom is -0.393 e. The van der Waals surface area contributed by atoms with Crippen molar-refractivity contribution in [2.75, 3.05) is 11.9 Å². The summed E-state index contributed by atoms with van der Waals surface area (Å²) < 4.78 is 1.70. The summed E-state index contributed by atoms with van der Waals surface area (Å²) >= 11 is 0. The summed E-state index contributed by atoms with van der Waals surface area (Å²) in [6.45, 7) is 2.30. The van der Waals surface area contributed by atoms with Crippen molar-refractivity contribution in [1.82, 2.24) is 14.7 Å². The molecule has 1 aromatic rings. The van der Waals surface area contributed by atoms with Crippen molar-refractivity contribution in [3.05, 3.63) is 11.9 Å². The van der Waals surface area contributed by atoms with Crippen molar-refractivity contribution in [3.8, 4) is 0 Å². The van der Waals surface area contributed by atoms with E-state index in [0.29, 0.717) is 18.6 Å². The van der Waals surface area contributed by atoms with Gasteiger partial charge in [0.25, 0.3) is 0 Å². The van der Waals surface area contributed by atoms with E-state index < -0.39 is 0 Å². The third kappa shape index (κ3) is 2.58. The van der Waals surface area contributed by atoms with Crippen LogP contribution in [0, 0.1) is 6.92 Å². The van der Waals surface area contributed by atoms with Gasteiger partial charge in [0.05, 0.1) is 24.0 Å². The van der Waals surface area contributed by atoms with E-state index in [0.717, 1.165) is 37.1 Å². The summed E-state index contributed by atoms with van der Waals surface area (Å²) in [7, 11) is 1.84. The third-order valence-corrected chi connectivity index (χ3v) is 4.47. The van der Waals surface area contributed by atoms with Crippen LogP contribution in [0.1, 0.15) is 31.4 Å². The Balaban J connectivity index is 1.61. The van der Waals surface area contributed by atoms with Gasteiger partial charge < -0.3 is 10.4 Å². The van der Waals surface area contributed by atoms with Gasteiger partial charge in [0.15, 0.2) is 0 Å². The molecular weight excluding hydrogens is 256 g/mol. The standard InChI is InChI=1S/C14H22N4O2/c1-9-13(7-17(2)16-9)15-14(20)8-18-10-3-4-11(18)6-12(19)5-10/h7,10-12,19H,3-6,8H2,1-2H3,(H,15,20)/t10-,11+,12?. The first kappa shape index (κ1) is 13.6. The fraction of sp³-hybridized carbons (Fsp3) is 0.714. The molecule has 2 N–H and O–H groups in total. The monoisotopic (exact) mass is 278 g/mol. The molecule has 3 rings (SSSR count). The molecule has 6 heteroatoms. The molecule has 1 unspecified atom stereocenters. The zero-order valence-corrected chi connectivity index (χ0v) is 12.0. The molecule has 110 valence electrons. The highest BCUT2D eigenvalue weighted by Crippen LogP contribution is 2.35. The number of aliphatic hydroxyl groups excluding tert-OH is 1. The molecule has 2 aliphatic rings. The number of hydrogen-bond donors (Lipinski definition) is 2. The number of carbonyl (C=O) groups is 1. The fourth-order valence-electron chi connectivity index (χ4n) is 3.58. The number of fused-ring (bicyclic) bond motifs is 2. The van der Waals surface area contributed by atoms with Gasteiger partial charge in [0.1, 0.15) is 0 Å². The second-order valence-electron chi connectivity index (χ2n) is 6.03. The fourth-order valence-corrected chi connectivity index (χ4v) is 3.58. The number of aliphatic hydroxyl groups is 1. The molecule has 0 saturated carbocycles. The van der Waals surface area contributed by atoms with E-state index in [-0.39, 0.29) is 12.0 Å². The van der Waals surface area contributed by atoms with Crippen molar-refractivity contribution in [3.63, 3.8) is 0 Å². The van der Waals surface area contributed by atoms with E-state index in [1.165, 1.54) is 0 Å². The van der Waals surface area contributed by atoms with Gasteiger partial charge in [-0.15, -0.1) is 0 Å². The Morgan fingerprint density at radius 1 is 1.45 bits per heavy atom. The first-order chi connectivity index (χ1) is 9.52. The maximum atomic E-state index is 12.2. The van der Waals surface area contributed by atoms with Gasteiger partial charge in [-0.05, 0) is 32.6 Å². The molecule has 3 heterocycles. The van der Waals surface area contributed by atoms with Gasteiger partial charge in [-0.1, -0.05) is 0 Å². The minimum absolute atomic E-state index is 0.00869. The van der Waals surface area contributed by atoms with Crippen LogP contribution in [0.15, 0.2) is 6.20 Å². The van der Waals surface area contributed by atoms with Crippen LogP contribution in [0.2, 0.25) is 0 Å². The van der Waals surface area contributed by atoms with Crippen molar-refractivity contribution < 1.29 is 9.90 Å². The van der Waals surface area contributed by atoms with E-state index >= 15 is 0 Å². The number of aromatic nitrogens is 2. The average molecular weight is 278 g/mol. The molecule has 0 radical (unpaired) electrons. The van der Waals surface area contributed by atoms with E-state index in [1.54, 1.807) is 4.68 Å². The predicted molar refractivity (Wildman–Crippen MR) is 75.3 cm³/mol. The lowest BCUT2D eigenvalue weighted by Gasteiger charge is -2.36. The highest BCUT2D eigenvalue weighted by molar-refractivity contribution is 5.92. The molecule has 2 saturated heterocycles. The van der Waals surface area contributed by atoms with Crippen LogP contribution in [0.3, 0.4) is 0 Å². The SMILES string of the molecule is Cc1nn(C)cc1NC(=O)CN1[C@@H]2CC[C@H]1CC(O)C2. The van der Waals surface area contributed by atoms with Crippen LogP contribution >= 0.6 is 0 Å². The van der Waals surface area contributed by atoms with Crippen LogP contribution in [-0.2, 0) is 11.8 Å². The van der Waals surface area contributed by atoms with Gasteiger partial charge in [-0.25, -0.2) is 0 Å². The summed E-state index contributed by atoms with van der Waals surface area (Å²) in [6.07, 6.45) is 5.43. The second-order valence-corrected chi connectivity index (χ2v) is 6.03. The molecule has 20 heavy (non-hydrogen) atoms. The molecule has 1 amide bonds. The zero-order chi connectivity index (χ0) is 14.3. The van der Waals surface area contributed by atoms with E-state index in [2.05, 4.69) is 15.3 Å². The third-order valence-electron chi connectivity index (χ3n) is 4.47. The Labute approximate surface area is 118 Å². The van der Waals surface area contributed by atoms with Gasteiger partial charge in [0.2, 0.25) is 5.91 Å². The highest BCUT2D eigenvalue weighted by Gasteiger charge is 2.40. The number of hydrogen-bond acceptors (Lipinski definition) is 4. The Hall–Kier alpha value is -1.40. The predicted octanol–water partition coefficient (Wildman–Crippen LogP) is 0.655. The smallest absolute Gasteiger partial charge is 0.238 e. The number of piperidine rings is 1. The van der Waals surface area contributed by atoms with E-state index in [4.69, 9.17) is 0 Å². The zero-order valence-electron chi connectivity index (χ0n) is 12.0. The lowest BCUT2D eigenvalue weighted by atomic mass is 10.00. The maximum absolute atomic E-state index is 12.2. The number of carbonyl (C=O) groups excluding carboxylic acids is 1. The molecule has 1 aromatic heterocycles. The number of nitrogens with zero attached hydrogens (tertiary/aromatic N) is 3. The summed E-state index contributed by atoms with van der Waals surface area (Å²) in [4.78, 5) is 14.4. The number of anilines is 1. The molecule has 0 aliphatic carbocycles. The van der Waals surface area contributed by atoms with E-state index in [1.807, 2.05) is 20.2 Å². The van der Waals surface area contributed by atoms with Crippen LogP contribution in [-0.4, -0.2) is 50.4 Å². The van der Waals surface area contributed by atoms with E-state index in [9.17, 15) is 9.90 Å². The molecule has 0 spiro atoms. The molecule has 2 aliphatic heterocycles. The van der Waals surface area contributed by atoms with Crippen molar-refractivity contribution in [1.29, 1.82) is 0 Å². The number of amides is 1. The highest BCUT2D eigenvalue weighted by atomic mass is 16.3. The van der Waals surface area contributed by atoms with Gasteiger partial charge >= 0.3 is 0 Å². The number of nitrogens with one attached hydrogen (secondary N) is 1. The minimum atomic E-state index is -0.188. The summed E-state index contributed by atoms with van der Waals surface area (Å²) in [6, 6.07) is 0.731. The van der Waals surface area contributed by atoms with Gasteiger partial charge in [-0.2, -0.15) is 5.10 Å². The summed E-state index contributed by atoms with van der Waals surface area (Å²) in [5.41, 5.74) is 1.61. The molecular formula is C14H22N4O2. The Bertz CT molecular complexity index is 499. The Kier molecular flexibility index (Phi) is 3.52. The van der Waals surface area contributed by atoms with Crippen molar-refractivity contribution >= 4 is 11.6 Å². The van der Waals surface area contributed by atoms with Crippen molar-refractivity contribution in [2.45, 2.75) is 50.8 Å². The van der Waals surface area contributed by atoms with Crippen LogP contribution < -0.4 is 5.32 Å². The first-order valence-electron chi connectivity index (χ1n) is 7.27. The van der Waals surface area contributed by atoms with Crippen LogP contribution in [0.4, 0.5) is 5.69 Å². The second kappa shape index (κ2) is 5.18. The van der Waals surface area contributed by atoms with Crippen LogP contribution in [0.5, 0.6) is 0 Å². The molecule has 6 nitrogen and oxygen atoms in total.